The fourth-order valence-corrected chi connectivity index (χ4v) is 2.17. The summed E-state index contributed by atoms with van der Waals surface area (Å²) in [4.78, 5) is 0. The van der Waals surface area contributed by atoms with Gasteiger partial charge in [-0.15, -0.1) is 0 Å². The normalized spacial score (nSPS) is 24.9. The van der Waals surface area contributed by atoms with E-state index in [2.05, 4.69) is 21.2 Å². The smallest absolute Gasteiger partial charge is 0.124 e. The number of nitrogens with zero attached hydrogens (tertiary/aromatic N) is 2. The summed E-state index contributed by atoms with van der Waals surface area (Å²) in [6, 6.07) is 2.07. The molecule has 2 heterocycles. The zero-order valence-corrected chi connectivity index (χ0v) is 9.56. The molecule has 4 heteroatoms. The van der Waals surface area contributed by atoms with E-state index < -0.39 is 0 Å². The Morgan fingerprint density at radius 1 is 1.38 bits per heavy atom. The van der Waals surface area contributed by atoms with E-state index in [4.69, 9.17) is 4.74 Å². The fraction of sp³-hybridized carbons (Fsp3) is 0.750. The average Bonchev–Trinajstić information content (AvgIpc) is 2.80. The third kappa shape index (κ3) is 2.38. The van der Waals surface area contributed by atoms with Crippen LogP contribution >= 0.6 is 0 Å². The summed E-state index contributed by atoms with van der Waals surface area (Å²) in [5.41, 5.74) is 0. The number of nitrogens with one attached hydrogen (secondary N) is 1. The van der Waals surface area contributed by atoms with Gasteiger partial charge in [-0.1, -0.05) is 0 Å². The second kappa shape index (κ2) is 4.45. The summed E-state index contributed by atoms with van der Waals surface area (Å²) in [6.45, 7) is 3.92. The minimum absolute atomic E-state index is 0.671. The van der Waals surface area contributed by atoms with Crippen molar-refractivity contribution < 1.29 is 4.74 Å². The first kappa shape index (κ1) is 10.1. The van der Waals surface area contributed by atoms with Crippen molar-refractivity contribution >= 4 is 5.82 Å². The maximum Gasteiger partial charge on any atom is 0.124 e. The molecule has 3 rings (SSSR count). The number of hydrogen-bond acceptors (Lipinski definition) is 3. The Labute approximate surface area is 96.0 Å². The average molecular weight is 221 g/mol. The second-order valence-corrected chi connectivity index (χ2v) is 4.95. The molecule has 1 aliphatic carbocycles. The molecule has 1 atom stereocenters. The monoisotopic (exact) mass is 221 g/mol. The molecule has 1 aromatic heterocycles. The van der Waals surface area contributed by atoms with Crippen LogP contribution in [0.3, 0.4) is 0 Å². The number of anilines is 1. The highest BCUT2D eigenvalue weighted by Gasteiger charge is 2.23. The van der Waals surface area contributed by atoms with Gasteiger partial charge in [0.1, 0.15) is 5.82 Å². The minimum Gasteiger partial charge on any atom is -0.381 e. The maximum atomic E-state index is 5.37. The van der Waals surface area contributed by atoms with Crippen LogP contribution < -0.4 is 5.32 Å². The third-order valence-electron chi connectivity index (χ3n) is 3.44. The van der Waals surface area contributed by atoms with Crippen LogP contribution in [0.1, 0.15) is 19.3 Å². The summed E-state index contributed by atoms with van der Waals surface area (Å²) < 4.78 is 7.47. The molecule has 0 bridgehead atoms. The number of aromatic nitrogens is 2. The first-order valence-corrected chi connectivity index (χ1v) is 6.25. The molecule has 2 fully saturated rings. The van der Waals surface area contributed by atoms with Crippen molar-refractivity contribution in [3.63, 3.8) is 0 Å². The third-order valence-corrected chi connectivity index (χ3v) is 3.44. The lowest BCUT2D eigenvalue weighted by Gasteiger charge is -2.12. The van der Waals surface area contributed by atoms with Crippen molar-refractivity contribution in [3.8, 4) is 0 Å². The van der Waals surface area contributed by atoms with Gasteiger partial charge in [-0.3, -0.25) is 0 Å². The molecule has 0 radical (unpaired) electrons. The Morgan fingerprint density at radius 3 is 3.06 bits per heavy atom. The molecule has 16 heavy (non-hydrogen) atoms. The molecule has 0 spiro atoms. The lowest BCUT2D eigenvalue weighted by atomic mass is 10.1. The van der Waals surface area contributed by atoms with Gasteiger partial charge in [-0.25, -0.2) is 4.68 Å². The van der Waals surface area contributed by atoms with E-state index in [0.29, 0.717) is 5.92 Å². The van der Waals surface area contributed by atoms with Gasteiger partial charge in [0.15, 0.2) is 0 Å². The Bertz CT molecular complexity index is 340. The summed E-state index contributed by atoms with van der Waals surface area (Å²) in [5, 5.41) is 7.85. The highest BCUT2D eigenvalue weighted by molar-refractivity contribution is 5.33. The van der Waals surface area contributed by atoms with Crippen molar-refractivity contribution in [1.29, 1.82) is 0 Å². The molecule has 0 aromatic carbocycles. The molecule has 0 amide bonds. The SMILES string of the molecule is c1cc(NCC2CCOC2)n(CC2CC2)n1. The van der Waals surface area contributed by atoms with Crippen LogP contribution in [-0.4, -0.2) is 29.5 Å². The van der Waals surface area contributed by atoms with E-state index in [9.17, 15) is 0 Å². The first-order chi connectivity index (χ1) is 7.92. The van der Waals surface area contributed by atoms with Gasteiger partial charge in [0.05, 0.1) is 12.8 Å². The van der Waals surface area contributed by atoms with Crippen LogP contribution in [0.5, 0.6) is 0 Å². The lowest BCUT2D eigenvalue weighted by molar-refractivity contribution is 0.187. The lowest BCUT2D eigenvalue weighted by Crippen LogP contribution is -2.17. The topological polar surface area (TPSA) is 39.1 Å². The predicted octanol–water partition coefficient (Wildman–Crippen LogP) is 1.74. The molecular weight excluding hydrogens is 202 g/mol. The van der Waals surface area contributed by atoms with Crippen molar-refractivity contribution in [2.24, 2.45) is 11.8 Å². The van der Waals surface area contributed by atoms with Gasteiger partial charge in [-0.05, 0) is 25.2 Å². The van der Waals surface area contributed by atoms with E-state index in [1.165, 1.54) is 25.1 Å². The Kier molecular flexibility index (Phi) is 2.82. The van der Waals surface area contributed by atoms with Crippen molar-refractivity contribution in [3.05, 3.63) is 12.3 Å². The Morgan fingerprint density at radius 2 is 2.31 bits per heavy atom. The molecule has 1 unspecified atom stereocenters. The summed E-state index contributed by atoms with van der Waals surface area (Å²) in [7, 11) is 0. The van der Waals surface area contributed by atoms with Crippen LogP contribution in [0, 0.1) is 11.8 Å². The molecule has 1 aliphatic heterocycles. The quantitative estimate of drug-likeness (QED) is 0.823. The molecule has 1 aromatic rings. The predicted molar refractivity (Wildman–Crippen MR) is 62.4 cm³/mol. The van der Waals surface area contributed by atoms with Gasteiger partial charge >= 0.3 is 0 Å². The number of ether oxygens (including phenoxy) is 1. The zero-order chi connectivity index (χ0) is 10.8. The van der Waals surface area contributed by atoms with Crippen molar-refractivity contribution in [2.45, 2.75) is 25.8 Å². The largest absolute Gasteiger partial charge is 0.381 e. The van der Waals surface area contributed by atoms with Crippen molar-refractivity contribution in [2.75, 3.05) is 25.1 Å². The van der Waals surface area contributed by atoms with Gasteiger partial charge < -0.3 is 10.1 Å². The molecular formula is C12H19N3O. The van der Waals surface area contributed by atoms with Crippen LogP contribution in [0.2, 0.25) is 0 Å². The number of hydrogen-bond donors (Lipinski definition) is 1. The van der Waals surface area contributed by atoms with E-state index in [1.54, 1.807) is 0 Å². The minimum atomic E-state index is 0.671. The number of rotatable bonds is 5. The van der Waals surface area contributed by atoms with E-state index in [-0.39, 0.29) is 0 Å². The van der Waals surface area contributed by atoms with Gasteiger partial charge in [0.2, 0.25) is 0 Å². The second-order valence-electron chi connectivity index (χ2n) is 4.95. The summed E-state index contributed by atoms with van der Waals surface area (Å²) in [5.74, 6) is 2.71. The highest BCUT2D eigenvalue weighted by atomic mass is 16.5. The molecule has 88 valence electrons. The zero-order valence-electron chi connectivity index (χ0n) is 9.56. The van der Waals surface area contributed by atoms with Crippen LogP contribution in [0.25, 0.3) is 0 Å². The molecule has 1 saturated carbocycles. The van der Waals surface area contributed by atoms with Crippen LogP contribution in [0.15, 0.2) is 12.3 Å². The molecule has 1 N–H and O–H groups in total. The standard InChI is InChI=1S/C12H19N3O/c1-2-10(1)8-15-12(3-5-14-15)13-7-11-4-6-16-9-11/h3,5,10-11,13H,1-2,4,6-9H2. The van der Waals surface area contributed by atoms with Crippen molar-refractivity contribution in [1.82, 2.24) is 9.78 Å². The molecule has 2 aliphatic rings. The Balaban J connectivity index is 1.53. The van der Waals surface area contributed by atoms with Crippen LogP contribution in [0.4, 0.5) is 5.82 Å². The molecule has 4 nitrogen and oxygen atoms in total. The Hall–Kier alpha value is -1.03. The summed E-state index contributed by atoms with van der Waals surface area (Å²) in [6.07, 6.45) is 5.81. The fourth-order valence-electron chi connectivity index (χ4n) is 2.17. The van der Waals surface area contributed by atoms with Gasteiger partial charge in [-0.2, -0.15) is 5.10 Å². The van der Waals surface area contributed by atoms with E-state index in [1.807, 2.05) is 6.20 Å². The van der Waals surface area contributed by atoms with Gasteiger partial charge in [0.25, 0.3) is 0 Å². The van der Waals surface area contributed by atoms with Gasteiger partial charge in [0, 0.05) is 31.7 Å². The summed E-state index contributed by atoms with van der Waals surface area (Å²) >= 11 is 0. The van der Waals surface area contributed by atoms with Crippen LogP contribution in [-0.2, 0) is 11.3 Å². The van der Waals surface area contributed by atoms with E-state index >= 15 is 0 Å². The first-order valence-electron chi connectivity index (χ1n) is 6.25. The molecule has 1 saturated heterocycles. The highest BCUT2D eigenvalue weighted by Crippen LogP contribution is 2.31. The maximum absolute atomic E-state index is 5.37. The van der Waals surface area contributed by atoms with E-state index in [0.717, 1.165) is 32.2 Å².